The smallest absolute Gasteiger partial charge is 0.221 e. The number of carbonyl (C=O) groups is 1. The molecule has 0 saturated carbocycles. The quantitative estimate of drug-likeness (QED) is 0.579. The van der Waals surface area contributed by atoms with Gasteiger partial charge in [0, 0.05) is 17.9 Å². The summed E-state index contributed by atoms with van der Waals surface area (Å²) in [6, 6.07) is 4.03. The monoisotopic (exact) mass is 336 g/mol. The average molecular weight is 336 g/mol. The van der Waals surface area contributed by atoms with Crippen molar-refractivity contribution in [2.45, 2.75) is 61.8 Å². The molecule has 2 atom stereocenters. The van der Waals surface area contributed by atoms with Gasteiger partial charge in [-0.3, -0.25) is 4.79 Å². The van der Waals surface area contributed by atoms with E-state index < -0.39 is 7.14 Å². The topological polar surface area (TPSA) is 34.1 Å². The molecule has 1 aromatic carbocycles. The fourth-order valence-electron chi connectivity index (χ4n) is 3.69. The molecular weight excluding hydrogens is 303 g/mol. The van der Waals surface area contributed by atoms with Crippen LogP contribution in [-0.2, 0) is 4.57 Å². The SMILES string of the molecule is CCP(=O)(CC(C)CC(C)(C)C)C(=O)c1c(C)cc(C)cc1C. The van der Waals surface area contributed by atoms with E-state index >= 15 is 0 Å². The number of benzene rings is 1. The Kier molecular flexibility index (Phi) is 6.44. The Morgan fingerprint density at radius 2 is 1.61 bits per heavy atom. The number of rotatable bonds is 6. The van der Waals surface area contributed by atoms with E-state index in [9.17, 15) is 9.36 Å². The van der Waals surface area contributed by atoms with Gasteiger partial charge >= 0.3 is 0 Å². The van der Waals surface area contributed by atoms with Crippen molar-refractivity contribution in [1.29, 1.82) is 0 Å². The lowest BCUT2D eigenvalue weighted by Crippen LogP contribution is -2.18. The van der Waals surface area contributed by atoms with Crippen LogP contribution in [0.3, 0.4) is 0 Å². The minimum atomic E-state index is -2.86. The van der Waals surface area contributed by atoms with Crippen LogP contribution in [0, 0.1) is 32.1 Å². The molecule has 0 fully saturated rings. The van der Waals surface area contributed by atoms with Gasteiger partial charge in [-0.1, -0.05) is 52.3 Å². The van der Waals surface area contributed by atoms with Crippen LogP contribution in [0.15, 0.2) is 12.1 Å². The zero-order valence-electron chi connectivity index (χ0n) is 16.1. The van der Waals surface area contributed by atoms with Crippen molar-refractivity contribution < 1.29 is 9.36 Å². The van der Waals surface area contributed by atoms with E-state index in [0.717, 1.165) is 23.1 Å². The Morgan fingerprint density at radius 1 is 1.13 bits per heavy atom. The van der Waals surface area contributed by atoms with E-state index in [0.29, 0.717) is 17.9 Å². The molecule has 2 unspecified atom stereocenters. The van der Waals surface area contributed by atoms with Crippen LogP contribution in [0.25, 0.3) is 0 Å². The fourth-order valence-corrected chi connectivity index (χ4v) is 6.30. The molecule has 0 aliphatic carbocycles. The van der Waals surface area contributed by atoms with E-state index in [4.69, 9.17) is 0 Å². The highest BCUT2D eigenvalue weighted by Gasteiger charge is 2.34. The van der Waals surface area contributed by atoms with E-state index in [2.05, 4.69) is 27.7 Å². The molecule has 130 valence electrons. The summed E-state index contributed by atoms with van der Waals surface area (Å²) in [7, 11) is -2.86. The van der Waals surface area contributed by atoms with Gasteiger partial charge in [-0.05, 0) is 49.7 Å². The molecule has 0 saturated heterocycles. The minimum absolute atomic E-state index is 0.115. The largest absolute Gasteiger partial charge is 0.315 e. The number of hydrogen-bond acceptors (Lipinski definition) is 2. The molecule has 1 aromatic rings. The van der Waals surface area contributed by atoms with Gasteiger partial charge in [0.05, 0.1) is 0 Å². The van der Waals surface area contributed by atoms with Crippen molar-refractivity contribution in [2.75, 3.05) is 12.3 Å². The zero-order valence-corrected chi connectivity index (χ0v) is 17.0. The first-order valence-electron chi connectivity index (χ1n) is 8.60. The number of aryl methyl sites for hydroxylation is 3. The van der Waals surface area contributed by atoms with Crippen molar-refractivity contribution in [3.63, 3.8) is 0 Å². The molecule has 0 amide bonds. The van der Waals surface area contributed by atoms with Crippen LogP contribution >= 0.6 is 7.14 Å². The van der Waals surface area contributed by atoms with Gasteiger partial charge in [0.25, 0.3) is 0 Å². The Labute approximate surface area is 142 Å². The Balaban J connectivity index is 3.14. The third kappa shape index (κ3) is 5.31. The molecule has 0 aliphatic heterocycles. The predicted octanol–water partition coefficient (Wildman–Crippen LogP) is 6.21. The molecule has 3 heteroatoms. The highest BCUT2D eigenvalue weighted by atomic mass is 31.2. The second-order valence-corrected chi connectivity index (χ2v) is 11.5. The minimum Gasteiger partial charge on any atom is -0.315 e. The number of carbonyl (C=O) groups excluding carboxylic acids is 1. The van der Waals surface area contributed by atoms with Crippen LogP contribution in [-0.4, -0.2) is 17.8 Å². The molecular formula is C20H33O2P. The van der Waals surface area contributed by atoms with Gasteiger partial charge in [0.15, 0.2) is 7.14 Å². The van der Waals surface area contributed by atoms with Crippen LogP contribution < -0.4 is 0 Å². The molecule has 2 nitrogen and oxygen atoms in total. The molecule has 0 aromatic heterocycles. The van der Waals surface area contributed by atoms with Gasteiger partial charge < -0.3 is 4.57 Å². The molecule has 0 bridgehead atoms. The summed E-state index contributed by atoms with van der Waals surface area (Å²) in [4.78, 5) is 13.1. The van der Waals surface area contributed by atoms with Gasteiger partial charge in [-0.2, -0.15) is 0 Å². The first-order valence-corrected chi connectivity index (χ1v) is 10.7. The normalized spacial score (nSPS) is 16.0. The van der Waals surface area contributed by atoms with Crippen molar-refractivity contribution >= 4 is 12.7 Å². The molecule has 0 heterocycles. The Hall–Kier alpha value is -0.880. The maximum absolute atomic E-state index is 13.4. The van der Waals surface area contributed by atoms with Gasteiger partial charge in [0.2, 0.25) is 5.52 Å². The van der Waals surface area contributed by atoms with E-state index in [1.54, 1.807) is 0 Å². The van der Waals surface area contributed by atoms with Crippen molar-refractivity contribution in [2.24, 2.45) is 11.3 Å². The van der Waals surface area contributed by atoms with Crippen LogP contribution in [0.4, 0.5) is 0 Å². The maximum atomic E-state index is 13.4. The standard InChI is InChI=1S/C20H33O2P/c1-9-23(22,13-15(3)12-20(6,7)8)19(21)18-16(4)10-14(2)11-17(18)5/h10-11,15H,9,12-13H2,1-8H3. The van der Waals surface area contributed by atoms with E-state index in [1.807, 2.05) is 39.8 Å². The third-order valence-corrected chi connectivity index (χ3v) is 7.54. The zero-order chi connectivity index (χ0) is 18.0. The van der Waals surface area contributed by atoms with Crippen LogP contribution in [0.5, 0.6) is 0 Å². The molecule has 0 N–H and O–H groups in total. The molecule has 1 rings (SSSR count). The summed E-state index contributed by atoms with van der Waals surface area (Å²) in [6.07, 6.45) is 1.95. The average Bonchev–Trinajstić information content (AvgIpc) is 2.34. The molecule has 0 spiro atoms. The van der Waals surface area contributed by atoms with Crippen molar-refractivity contribution in [3.05, 3.63) is 34.4 Å². The second kappa shape index (κ2) is 7.34. The second-order valence-electron chi connectivity index (χ2n) is 8.34. The predicted molar refractivity (Wildman–Crippen MR) is 101 cm³/mol. The molecule has 0 radical (unpaired) electrons. The van der Waals surface area contributed by atoms with Crippen molar-refractivity contribution in [3.8, 4) is 0 Å². The first kappa shape index (κ1) is 20.2. The lowest BCUT2D eigenvalue weighted by molar-refractivity contribution is 0.107. The Morgan fingerprint density at radius 3 is 2.00 bits per heavy atom. The first-order chi connectivity index (χ1) is 10.4. The highest BCUT2D eigenvalue weighted by molar-refractivity contribution is 7.81. The summed E-state index contributed by atoms with van der Waals surface area (Å²) in [5.41, 5.74) is 3.80. The van der Waals surface area contributed by atoms with E-state index in [1.165, 1.54) is 0 Å². The maximum Gasteiger partial charge on any atom is 0.221 e. The summed E-state index contributed by atoms with van der Waals surface area (Å²) in [5.74, 6) is 0.288. The third-order valence-electron chi connectivity index (χ3n) is 4.34. The molecule has 0 aliphatic rings. The summed E-state index contributed by atoms with van der Waals surface area (Å²) in [6.45, 7) is 16.5. The highest BCUT2D eigenvalue weighted by Crippen LogP contribution is 2.52. The summed E-state index contributed by atoms with van der Waals surface area (Å²) >= 11 is 0. The summed E-state index contributed by atoms with van der Waals surface area (Å²) in [5, 5.41) is 0. The van der Waals surface area contributed by atoms with Crippen molar-refractivity contribution in [1.82, 2.24) is 0 Å². The summed E-state index contributed by atoms with van der Waals surface area (Å²) < 4.78 is 13.4. The van der Waals surface area contributed by atoms with Crippen LogP contribution in [0.1, 0.15) is 68.1 Å². The van der Waals surface area contributed by atoms with E-state index in [-0.39, 0.29) is 16.9 Å². The molecule has 23 heavy (non-hydrogen) atoms. The lowest BCUT2D eigenvalue weighted by Gasteiger charge is -2.26. The van der Waals surface area contributed by atoms with Crippen LogP contribution in [0.2, 0.25) is 0 Å². The van der Waals surface area contributed by atoms with Gasteiger partial charge in [0.1, 0.15) is 0 Å². The fraction of sp³-hybridized carbons (Fsp3) is 0.650. The Bertz CT molecular complexity index is 600. The number of hydrogen-bond donors (Lipinski definition) is 0. The lowest BCUT2D eigenvalue weighted by atomic mass is 9.86. The van der Waals surface area contributed by atoms with Gasteiger partial charge in [-0.15, -0.1) is 0 Å². The van der Waals surface area contributed by atoms with Gasteiger partial charge in [-0.25, -0.2) is 0 Å².